The minimum atomic E-state index is -0.939. The second-order valence-electron chi connectivity index (χ2n) is 3.62. The highest BCUT2D eigenvalue weighted by Crippen LogP contribution is 2.09. The van der Waals surface area contributed by atoms with Gasteiger partial charge in [0.2, 0.25) is 0 Å². The molecular weight excluding hydrogens is 236 g/mol. The third-order valence-electron chi connectivity index (χ3n) is 2.31. The van der Waals surface area contributed by atoms with Gasteiger partial charge in [0.25, 0.3) is 0 Å². The average Bonchev–Trinajstić information content (AvgIpc) is 2.38. The molecule has 0 aliphatic rings. The molecular formula is C13H18O5. The predicted molar refractivity (Wildman–Crippen MR) is 65.8 cm³/mol. The molecule has 18 heavy (non-hydrogen) atoms. The molecule has 0 heterocycles. The molecule has 0 unspecified atom stereocenters. The van der Waals surface area contributed by atoms with Crippen LogP contribution in [0.15, 0.2) is 24.3 Å². The number of carbonyl (C=O) groups is 1. The molecule has 100 valence electrons. The summed E-state index contributed by atoms with van der Waals surface area (Å²) in [6.45, 7) is 2.26. The number of aromatic carboxylic acids is 1. The Morgan fingerprint density at radius 2 is 1.78 bits per heavy atom. The third kappa shape index (κ3) is 5.27. The molecule has 0 aromatic heterocycles. The molecule has 0 spiro atoms. The highest BCUT2D eigenvalue weighted by Gasteiger charge is 2.08. The lowest BCUT2D eigenvalue weighted by atomic mass is 10.1. The Balaban J connectivity index is 2.25. The van der Waals surface area contributed by atoms with E-state index < -0.39 is 5.97 Å². The van der Waals surface area contributed by atoms with Crippen LogP contribution in [0.5, 0.6) is 0 Å². The van der Waals surface area contributed by atoms with E-state index in [1.54, 1.807) is 31.4 Å². The van der Waals surface area contributed by atoms with Gasteiger partial charge in [0, 0.05) is 7.11 Å². The molecule has 0 bridgehead atoms. The van der Waals surface area contributed by atoms with E-state index >= 15 is 0 Å². The van der Waals surface area contributed by atoms with Crippen LogP contribution >= 0.6 is 0 Å². The molecule has 0 saturated heterocycles. The van der Waals surface area contributed by atoms with E-state index in [2.05, 4.69) is 0 Å². The topological polar surface area (TPSA) is 65.0 Å². The van der Waals surface area contributed by atoms with Gasteiger partial charge < -0.3 is 19.3 Å². The highest BCUT2D eigenvalue weighted by atomic mass is 16.5. The van der Waals surface area contributed by atoms with Crippen LogP contribution in [0.25, 0.3) is 0 Å². The maximum atomic E-state index is 10.9. The van der Waals surface area contributed by atoms with Crippen molar-refractivity contribution in [1.82, 2.24) is 0 Å². The molecule has 0 aliphatic heterocycles. The predicted octanol–water partition coefficient (Wildman–Crippen LogP) is 1.56. The Kier molecular flexibility index (Phi) is 7.01. The van der Waals surface area contributed by atoms with Gasteiger partial charge in [-0.05, 0) is 11.6 Å². The molecule has 1 N–H and O–H groups in total. The van der Waals surface area contributed by atoms with Gasteiger partial charge in [-0.25, -0.2) is 4.79 Å². The summed E-state index contributed by atoms with van der Waals surface area (Å²) in [4.78, 5) is 10.9. The smallest absolute Gasteiger partial charge is 0.336 e. The van der Waals surface area contributed by atoms with E-state index in [0.717, 1.165) is 0 Å². The van der Waals surface area contributed by atoms with Gasteiger partial charge >= 0.3 is 5.97 Å². The molecule has 0 saturated carbocycles. The van der Waals surface area contributed by atoms with E-state index in [0.29, 0.717) is 32.0 Å². The summed E-state index contributed by atoms with van der Waals surface area (Å²) in [7, 11) is 1.61. The monoisotopic (exact) mass is 254 g/mol. The number of carboxylic acids is 1. The van der Waals surface area contributed by atoms with Crippen LogP contribution in [-0.2, 0) is 20.8 Å². The van der Waals surface area contributed by atoms with Crippen molar-refractivity contribution in [2.24, 2.45) is 0 Å². The first-order chi connectivity index (χ1) is 8.75. The summed E-state index contributed by atoms with van der Waals surface area (Å²) in [5.41, 5.74) is 0.944. The largest absolute Gasteiger partial charge is 0.478 e. The van der Waals surface area contributed by atoms with Crippen molar-refractivity contribution in [3.63, 3.8) is 0 Å². The van der Waals surface area contributed by atoms with Gasteiger partial charge in [0.15, 0.2) is 0 Å². The normalized spacial score (nSPS) is 10.5. The Hall–Kier alpha value is -1.43. The Bertz CT molecular complexity index is 364. The average molecular weight is 254 g/mol. The Labute approximate surface area is 106 Å². The van der Waals surface area contributed by atoms with Crippen molar-refractivity contribution in [1.29, 1.82) is 0 Å². The zero-order valence-electron chi connectivity index (χ0n) is 10.4. The molecule has 0 atom stereocenters. The molecule has 0 fully saturated rings. The third-order valence-corrected chi connectivity index (χ3v) is 2.31. The SMILES string of the molecule is COCCOCCOCc1ccccc1C(=O)O. The molecule has 0 aliphatic carbocycles. The van der Waals surface area contributed by atoms with Crippen LogP contribution in [-0.4, -0.2) is 44.6 Å². The van der Waals surface area contributed by atoms with E-state index in [-0.39, 0.29) is 12.2 Å². The second-order valence-corrected chi connectivity index (χ2v) is 3.62. The lowest BCUT2D eigenvalue weighted by Gasteiger charge is -2.07. The molecule has 1 aromatic rings. The zero-order chi connectivity index (χ0) is 13.2. The summed E-state index contributed by atoms with van der Waals surface area (Å²) in [6.07, 6.45) is 0. The number of ether oxygens (including phenoxy) is 3. The van der Waals surface area contributed by atoms with Gasteiger partial charge in [0.05, 0.1) is 38.6 Å². The molecule has 0 amide bonds. The number of hydrogen-bond donors (Lipinski definition) is 1. The fourth-order valence-corrected chi connectivity index (χ4v) is 1.40. The van der Waals surface area contributed by atoms with E-state index in [1.807, 2.05) is 0 Å². The van der Waals surface area contributed by atoms with E-state index in [9.17, 15) is 4.79 Å². The standard InChI is InChI=1S/C13H18O5/c1-16-6-7-17-8-9-18-10-11-4-2-3-5-12(11)13(14)15/h2-5H,6-10H2,1H3,(H,14,15). The fourth-order valence-electron chi connectivity index (χ4n) is 1.40. The minimum Gasteiger partial charge on any atom is -0.478 e. The summed E-state index contributed by atoms with van der Waals surface area (Å²) < 4.78 is 15.4. The Morgan fingerprint density at radius 3 is 2.50 bits per heavy atom. The van der Waals surface area contributed by atoms with E-state index in [4.69, 9.17) is 19.3 Å². The van der Waals surface area contributed by atoms with Crippen molar-refractivity contribution in [2.45, 2.75) is 6.61 Å². The maximum Gasteiger partial charge on any atom is 0.336 e. The quantitative estimate of drug-likeness (QED) is 0.677. The van der Waals surface area contributed by atoms with Crippen molar-refractivity contribution in [2.75, 3.05) is 33.5 Å². The lowest BCUT2D eigenvalue weighted by molar-refractivity contribution is 0.0196. The number of methoxy groups -OCH3 is 1. The van der Waals surface area contributed by atoms with Crippen molar-refractivity contribution in [3.8, 4) is 0 Å². The number of benzene rings is 1. The summed E-state index contributed by atoms with van der Waals surface area (Å²) in [5.74, 6) is -0.939. The first-order valence-electron chi connectivity index (χ1n) is 5.71. The van der Waals surface area contributed by atoms with Gasteiger partial charge in [-0.15, -0.1) is 0 Å². The van der Waals surface area contributed by atoms with Crippen LogP contribution in [0, 0.1) is 0 Å². The first-order valence-corrected chi connectivity index (χ1v) is 5.71. The molecule has 5 heteroatoms. The van der Waals surface area contributed by atoms with Crippen LogP contribution in [0.1, 0.15) is 15.9 Å². The Morgan fingerprint density at radius 1 is 1.11 bits per heavy atom. The fraction of sp³-hybridized carbons (Fsp3) is 0.462. The molecule has 5 nitrogen and oxygen atoms in total. The second kappa shape index (κ2) is 8.63. The lowest BCUT2D eigenvalue weighted by Crippen LogP contribution is -2.09. The van der Waals surface area contributed by atoms with Crippen LogP contribution < -0.4 is 0 Å². The number of carboxylic acid groups (broad SMARTS) is 1. The van der Waals surface area contributed by atoms with Gasteiger partial charge in [-0.2, -0.15) is 0 Å². The van der Waals surface area contributed by atoms with Crippen LogP contribution in [0.4, 0.5) is 0 Å². The minimum absolute atomic E-state index is 0.274. The zero-order valence-corrected chi connectivity index (χ0v) is 10.4. The van der Waals surface area contributed by atoms with Gasteiger partial charge in [-0.1, -0.05) is 18.2 Å². The molecule has 1 aromatic carbocycles. The number of hydrogen-bond acceptors (Lipinski definition) is 4. The summed E-state index contributed by atoms with van der Waals surface area (Å²) in [6, 6.07) is 6.80. The van der Waals surface area contributed by atoms with Crippen LogP contribution in [0.3, 0.4) is 0 Å². The summed E-state index contributed by atoms with van der Waals surface area (Å²) in [5, 5.41) is 8.97. The van der Waals surface area contributed by atoms with Gasteiger partial charge in [-0.3, -0.25) is 0 Å². The summed E-state index contributed by atoms with van der Waals surface area (Å²) >= 11 is 0. The van der Waals surface area contributed by atoms with Crippen molar-refractivity contribution in [3.05, 3.63) is 35.4 Å². The maximum absolute atomic E-state index is 10.9. The van der Waals surface area contributed by atoms with E-state index in [1.165, 1.54) is 0 Å². The number of rotatable bonds is 9. The van der Waals surface area contributed by atoms with Crippen molar-refractivity contribution >= 4 is 5.97 Å². The highest BCUT2D eigenvalue weighted by molar-refractivity contribution is 5.89. The van der Waals surface area contributed by atoms with Gasteiger partial charge in [0.1, 0.15) is 0 Å². The first kappa shape index (κ1) is 14.6. The van der Waals surface area contributed by atoms with Crippen LogP contribution in [0.2, 0.25) is 0 Å². The van der Waals surface area contributed by atoms with Crippen molar-refractivity contribution < 1.29 is 24.1 Å². The molecule has 0 radical (unpaired) electrons. The molecule has 1 rings (SSSR count).